The lowest BCUT2D eigenvalue weighted by Gasteiger charge is -2.15. The number of Topliss-reactive ketones (excluding diaryl/α,β-unsaturated/α-hetero) is 1. The van der Waals surface area contributed by atoms with Crippen molar-refractivity contribution in [3.63, 3.8) is 0 Å². The SMILES string of the molecule is C#CCCCC(C(=O)OCC=C)C(=O)c1ccccc1C. The van der Waals surface area contributed by atoms with Gasteiger partial charge in [0.05, 0.1) is 0 Å². The molecule has 0 amide bonds. The van der Waals surface area contributed by atoms with Gasteiger partial charge in [-0.15, -0.1) is 12.3 Å². The highest BCUT2D eigenvalue weighted by Crippen LogP contribution is 2.19. The molecule has 1 unspecified atom stereocenters. The smallest absolute Gasteiger partial charge is 0.317 e. The number of hydrogen-bond donors (Lipinski definition) is 0. The number of hydrogen-bond acceptors (Lipinski definition) is 3. The first-order valence-corrected chi connectivity index (χ1v) is 6.92. The van der Waals surface area contributed by atoms with Crippen LogP contribution in [0.1, 0.15) is 35.2 Å². The van der Waals surface area contributed by atoms with Crippen LogP contribution in [-0.4, -0.2) is 18.4 Å². The topological polar surface area (TPSA) is 43.4 Å². The van der Waals surface area contributed by atoms with Crippen LogP contribution in [0.5, 0.6) is 0 Å². The standard InChI is InChI=1S/C18H20O3/c1-4-6-7-12-16(18(20)21-13-5-2)17(19)15-11-9-8-10-14(15)3/h1,5,8-11,16H,2,6-7,12-13H2,3H3. The molecule has 0 aliphatic heterocycles. The first-order valence-electron chi connectivity index (χ1n) is 6.92. The molecule has 3 heteroatoms. The summed E-state index contributed by atoms with van der Waals surface area (Å²) in [6.45, 7) is 5.45. The monoisotopic (exact) mass is 284 g/mol. The number of carbonyl (C=O) groups is 2. The number of terminal acetylenes is 1. The average molecular weight is 284 g/mol. The Kier molecular flexibility index (Phi) is 6.97. The molecule has 0 heterocycles. The van der Waals surface area contributed by atoms with Crippen LogP contribution in [0, 0.1) is 25.2 Å². The van der Waals surface area contributed by atoms with Crippen LogP contribution in [0.25, 0.3) is 0 Å². The molecule has 0 radical (unpaired) electrons. The van der Waals surface area contributed by atoms with Gasteiger partial charge in [-0.2, -0.15) is 0 Å². The largest absolute Gasteiger partial charge is 0.461 e. The molecule has 0 aliphatic rings. The van der Waals surface area contributed by atoms with Crippen molar-refractivity contribution in [1.29, 1.82) is 0 Å². The number of carbonyl (C=O) groups excluding carboxylic acids is 2. The number of esters is 1. The van der Waals surface area contributed by atoms with Crippen LogP contribution in [-0.2, 0) is 9.53 Å². The second-order valence-corrected chi connectivity index (χ2v) is 4.75. The molecule has 0 aliphatic carbocycles. The first-order chi connectivity index (χ1) is 10.1. The Morgan fingerprint density at radius 3 is 2.76 bits per heavy atom. The summed E-state index contributed by atoms with van der Waals surface area (Å²) in [5.41, 5.74) is 1.40. The van der Waals surface area contributed by atoms with Gasteiger partial charge >= 0.3 is 5.97 Å². The second kappa shape index (κ2) is 8.76. The third-order valence-corrected chi connectivity index (χ3v) is 3.17. The Hall–Kier alpha value is -2.34. The predicted molar refractivity (Wildman–Crippen MR) is 82.8 cm³/mol. The third kappa shape index (κ3) is 4.92. The van der Waals surface area contributed by atoms with E-state index in [1.54, 1.807) is 12.1 Å². The summed E-state index contributed by atoms with van der Waals surface area (Å²) in [6, 6.07) is 7.22. The molecule has 0 aromatic heterocycles. The fourth-order valence-electron chi connectivity index (χ4n) is 2.04. The molecule has 21 heavy (non-hydrogen) atoms. The van der Waals surface area contributed by atoms with Gasteiger partial charge in [0, 0.05) is 12.0 Å². The first kappa shape index (κ1) is 16.7. The van der Waals surface area contributed by atoms with Gasteiger partial charge in [-0.25, -0.2) is 0 Å². The molecule has 1 aromatic rings. The summed E-state index contributed by atoms with van der Waals surface area (Å²) in [6.07, 6.45) is 8.24. The molecule has 0 spiro atoms. The molecular formula is C18H20O3. The third-order valence-electron chi connectivity index (χ3n) is 3.17. The molecule has 0 saturated carbocycles. The predicted octanol–water partition coefficient (Wildman–Crippen LogP) is 3.33. The van der Waals surface area contributed by atoms with Gasteiger partial charge in [-0.05, 0) is 25.3 Å². The normalized spacial score (nSPS) is 11.2. The van der Waals surface area contributed by atoms with Gasteiger partial charge in [0.2, 0.25) is 0 Å². The van der Waals surface area contributed by atoms with E-state index >= 15 is 0 Å². The maximum atomic E-state index is 12.6. The lowest BCUT2D eigenvalue weighted by atomic mass is 9.90. The van der Waals surface area contributed by atoms with E-state index in [-0.39, 0.29) is 12.4 Å². The Morgan fingerprint density at radius 1 is 1.43 bits per heavy atom. The molecule has 1 aromatic carbocycles. The van der Waals surface area contributed by atoms with E-state index in [4.69, 9.17) is 11.2 Å². The number of aryl methyl sites for hydroxylation is 1. The number of rotatable bonds is 8. The fraction of sp³-hybridized carbons (Fsp3) is 0.333. The summed E-state index contributed by atoms with van der Waals surface area (Å²) in [5, 5.41) is 0. The highest BCUT2D eigenvalue weighted by Gasteiger charge is 2.29. The van der Waals surface area contributed by atoms with E-state index in [1.165, 1.54) is 6.08 Å². The zero-order chi connectivity index (χ0) is 15.7. The maximum absolute atomic E-state index is 12.6. The highest BCUT2D eigenvalue weighted by molar-refractivity contribution is 6.09. The number of ether oxygens (including phenoxy) is 1. The van der Waals surface area contributed by atoms with E-state index in [1.807, 2.05) is 19.1 Å². The van der Waals surface area contributed by atoms with E-state index < -0.39 is 11.9 Å². The second-order valence-electron chi connectivity index (χ2n) is 4.75. The Bertz CT molecular complexity index is 552. The summed E-state index contributed by atoms with van der Waals surface area (Å²) < 4.78 is 5.04. The molecule has 0 fully saturated rings. The van der Waals surface area contributed by atoms with Crippen molar-refractivity contribution in [2.45, 2.75) is 26.2 Å². The van der Waals surface area contributed by atoms with Crippen molar-refractivity contribution in [2.24, 2.45) is 5.92 Å². The van der Waals surface area contributed by atoms with Gasteiger partial charge in [-0.1, -0.05) is 36.9 Å². The van der Waals surface area contributed by atoms with Crippen LogP contribution in [0.2, 0.25) is 0 Å². The summed E-state index contributed by atoms with van der Waals surface area (Å²) in [5.74, 6) is 0.987. The Morgan fingerprint density at radius 2 is 2.14 bits per heavy atom. The van der Waals surface area contributed by atoms with E-state index in [0.717, 1.165) is 5.56 Å². The van der Waals surface area contributed by atoms with Crippen molar-refractivity contribution in [1.82, 2.24) is 0 Å². The molecule has 0 N–H and O–H groups in total. The number of ketones is 1. The zero-order valence-corrected chi connectivity index (χ0v) is 12.3. The molecule has 110 valence electrons. The van der Waals surface area contributed by atoms with Crippen LogP contribution < -0.4 is 0 Å². The van der Waals surface area contributed by atoms with Crippen molar-refractivity contribution in [2.75, 3.05) is 6.61 Å². The van der Waals surface area contributed by atoms with Gasteiger partial charge in [0.1, 0.15) is 12.5 Å². The van der Waals surface area contributed by atoms with Crippen molar-refractivity contribution in [3.8, 4) is 12.3 Å². The molecule has 0 bridgehead atoms. The minimum Gasteiger partial charge on any atom is -0.461 e. The molecule has 1 atom stereocenters. The van der Waals surface area contributed by atoms with Gasteiger partial charge in [0.25, 0.3) is 0 Å². The van der Waals surface area contributed by atoms with E-state index in [9.17, 15) is 9.59 Å². The van der Waals surface area contributed by atoms with Crippen LogP contribution in [0.4, 0.5) is 0 Å². The number of benzene rings is 1. The number of unbranched alkanes of at least 4 members (excludes halogenated alkanes) is 1. The Balaban J connectivity index is 2.91. The lowest BCUT2D eigenvalue weighted by molar-refractivity contribution is -0.145. The molecule has 0 saturated heterocycles. The van der Waals surface area contributed by atoms with Crippen LogP contribution >= 0.6 is 0 Å². The maximum Gasteiger partial charge on any atom is 0.317 e. The van der Waals surface area contributed by atoms with Crippen LogP contribution in [0.15, 0.2) is 36.9 Å². The lowest BCUT2D eigenvalue weighted by Crippen LogP contribution is -2.27. The van der Waals surface area contributed by atoms with Gasteiger partial charge in [-0.3, -0.25) is 9.59 Å². The van der Waals surface area contributed by atoms with Crippen molar-refractivity contribution in [3.05, 3.63) is 48.0 Å². The minimum absolute atomic E-state index is 0.103. The summed E-state index contributed by atoms with van der Waals surface area (Å²) in [7, 11) is 0. The average Bonchev–Trinajstić information content (AvgIpc) is 2.49. The quantitative estimate of drug-likeness (QED) is 0.184. The molecule has 3 nitrogen and oxygen atoms in total. The Labute approximate surface area is 126 Å². The van der Waals surface area contributed by atoms with Gasteiger partial charge < -0.3 is 4.74 Å². The van der Waals surface area contributed by atoms with Crippen LogP contribution in [0.3, 0.4) is 0 Å². The molecular weight excluding hydrogens is 264 g/mol. The van der Waals surface area contributed by atoms with Gasteiger partial charge in [0.15, 0.2) is 5.78 Å². The molecule has 1 rings (SSSR count). The van der Waals surface area contributed by atoms with Crippen molar-refractivity contribution < 1.29 is 14.3 Å². The highest BCUT2D eigenvalue weighted by atomic mass is 16.5. The van der Waals surface area contributed by atoms with Crippen molar-refractivity contribution >= 4 is 11.8 Å². The summed E-state index contributed by atoms with van der Waals surface area (Å²) >= 11 is 0. The van der Waals surface area contributed by atoms with E-state index in [0.29, 0.717) is 24.8 Å². The summed E-state index contributed by atoms with van der Waals surface area (Å²) in [4.78, 5) is 24.7. The minimum atomic E-state index is -0.806. The zero-order valence-electron chi connectivity index (χ0n) is 12.3. The van der Waals surface area contributed by atoms with E-state index in [2.05, 4.69) is 12.5 Å². The fourth-order valence-corrected chi connectivity index (χ4v) is 2.04.